The molecule has 0 saturated carbocycles. The lowest BCUT2D eigenvalue weighted by Crippen LogP contribution is -2.37. The van der Waals surface area contributed by atoms with E-state index in [1.807, 2.05) is 0 Å². The third-order valence-electron chi connectivity index (χ3n) is 4.36. The number of amidine groups is 1. The fourth-order valence-corrected chi connectivity index (χ4v) is 3.63. The molecule has 2 aliphatic rings. The average molecular weight is 310 g/mol. The summed E-state index contributed by atoms with van der Waals surface area (Å²) in [6.45, 7) is 4.20. The molecule has 114 valence electrons. The zero-order valence-electron chi connectivity index (χ0n) is 11.9. The second-order valence-electron chi connectivity index (χ2n) is 5.61. The van der Waals surface area contributed by atoms with Crippen LogP contribution in [0.2, 0.25) is 5.02 Å². The molecule has 2 saturated heterocycles. The predicted octanol–water partition coefficient (Wildman–Crippen LogP) is 1.50. The van der Waals surface area contributed by atoms with Crippen LogP contribution >= 0.6 is 11.6 Å². The fourth-order valence-electron chi connectivity index (χ4n) is 3.30. The lowest BCUT2D eigenvalue weighted by atomic mass is 10.2. The Balaban J connectivity index is 1.89. The predicted molar refractivity (Wildman–Crippen MR) is 83.2 cm³/mol. The molecule has 1 aromatic heterocycles. The summed E-state index contributed by atoms with van der Waals surface area (Å²) in [5.41, 5.74) is 6.20. The zero-order valence-corrected chi connectivity index (χ0v) is 12.6. The number of pyridine rings is 1. The lowest BCUT2D eigenvalue weighted by Gasteiger charge is -2.27. The van der Waals surface area contributed by atoms with Gasteiger partial charge in [-0.25, -0.2) is 4.98 Å². The topological polar surface area (TPSA) is 78.0 Å². The largest absolute Gasteiger partial charge is 0.409 e. The molecule has 7 heteroatoms. The molecule has 2 aliphatic heterocycles. The first-order chi connectivity index (χ1) is 10.2. The molecule has 3 N–H and O–H groups in total. The monoisotopic (exact) mass is 309 g/mol. The molecular formula is C14H20ClN5O. The Morgan fingerprint density at radius 1 is 1.38 bits per heavy atom. The van der Waals surface area contributed by atoms with Crippen LogP contribution in [0.5, 0.6) is 0 Å². The van der Waals surface area contributed by atoms with Gasteiger partial charge in [-0.3, -0.25) is 4.90 Å². The number of hydrogen-bond donors (Lipinski definition) is 2. The summed E-state index contributed by atoms with van der Waals surface area (Å²) in [5.74, 6) is 0.746. The van der Waals surface area contributed by atoms with Gasteiger partial charge in [-0.15, -0.1) is 0 Å². The van der Waals surface area contributed by atoms with Crippen LogP contribution in [0, 0.1) is 0 Å². The standard InChI is InChI=1S/C14H20ClN5O/c15-12-11(13(16)18-21)4-5-17-14(12)20-8-2-7-19-6-1-3-10(19)9-20/h4-5,10,21H,1-3,6-9H2,(H2,16,18). The number of fused-ring (bicyclic) bond motifs is 1. The normalized spacial score (nSPS) is 24.0. The van der Waals surface area contributed by atoms with Crippen LogP contribution < -0.4 is 10.6 Å². The summed E-state index contributed by atoms with van der Waals surface area (Å²) in [6.07, 6.45) is 5.26. The minimum absolute atomic E-state index is 0.0148. The molecule has 3 heterocycles. The first-order valence-corrected chi connectivity index (χ1v) is 7.70. The number of aromatic nitrogens is 1. The van der Waals surface area contributed by atoms with Crippen molar-refractivity contribution in [1.82, 2.24) is 9.88 Å². The van der Waals surface area contributed by atoms with E-state index in [9.17, 15) is 0 Å². The van der Waals surface area contributed by atoms with Crippen LogP contribution in [0.15, 0.2) is 17.4 Å². The summed E-state index contributed by atoms with van der Waals surface area (Å²) < 4.78 is 0. The van der Waals surface area contributed by atoms with Crippen LogP contribution in [0.1, 0.15) is 24.8 Å². The van der Waals surface area contributed by atoms with Gasteiger partial charge in [-0.2, -0.15) is 0 Å². The molecule has 21 heavy (non-hydrogen) atoms. The SMILES string of the molecule is N/C(=N/O)c1ccnc(N2CCCN3CCCC3C2)c1Cl. The summed E-state index contributed by atoms with van der Waals surface area (Å²) in [6, 6.07) is 2.25. The number of halogens is 1. The molecule has 0 spiro atoms. The number of nitrogens with two attached hydrogens (primary N) is 1. The Labute approximate surface area is 129 Å². The van der Waals surface area contributed by atoms with E-state index in [1.165, 1.54) is 19.4 Å². The van der Waals surface area contributed by atoms with Gasteiger partial charge in [0.15, 0.2) is 5.84 Å². The Morgan fingerprint density at radius 3 is 3.00 bits per heavy atom. The first-order valence-electron chi connectivity index (χ1n) is 7.32. The van der Waals surface area contributed by atoms with Gasteiger partial charge in [0.2, 0.25) is 0 Å². The second-order valence-corrected chi connectivity index (χ2v) is 5.99. The Morgan fingerprint density at radius 2 is 2.19 bits per heavy atom. The molecule has 0 radical (unpaired) electrons. The molecule has 0 aromatic carbocycles. The van der Waals surface area contributed by atoms with Gasteiger partial charge in [-0.1, -0.05) is 16.8 Å². The summed E-state index contributed by atoms with van der Waals surface area (Å²) in [5, 5.41) is 12.3. The minimum Gasteiger partial charge on any atom is -0.409 e. The molecule has 1 unspecified atom stereocenters. The van der Waals surface area contributed by atoms with Gasteiger partial charge in [0.25, 0.3) is 0 Å². The maximum Gasteiger partial charge on any atom is 0.171 e. The Kier molecular flexibility index (Phi) is 4.17. The number of rotatable bonds is 2. The van der Waals surface area contributed by atoms with Crippen molar-refractivity contribution in [3.05, 3.63) is 22.8 Å². The molecule has 0 amide bonds. The molecule has 3 rings (SSSR count). The maximum absolute atomic E-state index is 8.85. The smallest absolute Gasteiger partial charge is 0.171 e. The van der Waals surface area contributed by atoms with Crippen molar-refractivity contribution < 1.29 is 5.21 Å². The van der Waals surface area contributed by atoms with Gasteiger partial charge < -0.3 is 15.8 Å². The highest BCUT2D eigenvalue weighted by atomic mass is 35.5. The van der Waals surface area contributed by atoms with Crippen LogP contribution in [0.4, 0.5) is 5.82 Å². The number of oxime groups is 1. The summed E-state index contributed by atoms with van der Waals surface area (Å²) in [7, 11) is 0. The highest BCUT2D eigenvalue weighted by Crippen LogP contribution is 2.30. The van der Waals surface area contributed by atoms with E-state index in [-0.39, 0.29) is 5.84 Å². The number of hydrogen-bond acceptors (Lipinski definition) is 5. The van der Waals surface area contributed by atoms with Gasteiger partial charge in [0.05, 0.1) is 5.02 Å². The van der Waals surface area contributed by atoms with Crippen molar-refractivity contribution >= 4 is 23.3 Å². The van der Waals surface area contributed by atoms with Crippen LogP contribution in [-0.2, 0) is 0 Å². The number of anilines is 1. The van der Waals surface area contributed by atoms with Crippen LogP contribution in [0.3, 0.4) is 0 Å². The van der Waals surface area contributed by atoms with Gasteiger partial charge in [0, 0.05) is 37.4 Å². The third kappa shape index (κ3) is 2.78. The third-order valence-corrected chi connectivity index (χ3v) is 4.73. The summed E-state index contributed by atoms with van der Waals surface area (Å²) in [4.78, 5) is 9.20. The molecular weight excluding hydrogens is 290 g/mol. The van der Waals surface area contributed by atoms with E-state index in [1.54, 1.807) is 12.3 Å². The van der Waals surface area contributed by atoms with E-state index in [0.717, 1.165) is 31.9 Å². The first kappa shape index (κ1) is 14.4. The van der Waals surface area contributed by atoms with Crippen molar-refractivity contribution in [3.8, 4) is 0 Å². The van der Waals surface area contributed by atoms with Crippen molar-refractivity contribution in [3.63, 3.8) is 0 Å². The fraction of sp³-hybridized carbons (Fsp3) is 0.571. The molecule has 2 fully saturated rings. The molecule has 1 atom stereocenters. The Bertz CT molecular complexity index is 550. The van der Waals surface area contributed by atoms with Crippen molar-refractivity contribution in [2.45, 2.75) is 25.3 Å². The van der Waals surface area contributed by atoms with Crippen molar-refractivity contribution in [2.75, 3.05) is 31.1 Å². The van der Waals surface area contributed by atoms with E-state index in [0.29, 0.717) is 16.6 Å². The second kappa shape index (κ2) is 6.07. The quantitative estimate of drug-likeness (QED) is 0.375. The highest BCUT2D eigenvalue weighted by molar-refractivity contribution is 6.36. The van der Waals surface area contributed by atoms with Crippen molar-refractivity contribution in [1.29, 1.82) is 0 Å². The van der Waals surface area contributed by atoms with Crippen molar-refractivity contribution in [2.24, 2.45) is 10.9 Å². The molecule has 0 bridgehead atoms. The van der Waals surface area contributed by atoms with Gasteiger partial charge >= 0.3 is 0 Å². The van der Waals surface area contributed by atoms with Gasteiger partial charge in [-0.05, 0) is 31.9 Å². The number of nitrogens with zero attached hydrogens (tertiary/aromatic N) is 4. The zero-order chi connectivity index (χ0) is 14.8. The highest BCUT2D eigenvalue weighted by Gasteiger charge is 2.30. The summed E-state index contributed by atoms with van der Waals surface area (Å²) >= 11 is 6.42. The molecule has 6 nitrogen and oxygen atoms in total. The van der Waals surface area contributed by atoms with E-state index < -0.39 is 0 Å². The van der Waals surface area contributed by atoms with E-state index >= 15 is 0 Å². The lowest BCUT2D eigenvalue weighted by molar-refractivity contribution is 0.273. The van der Waals surface area contributed by atoms with Crippen LogP contribution in [0.25, 0.3) is 0 Å². The van der Waals surface area contributed by atoms with E-state index in [2.05, 4.69) is 19.9 Å². The maximum atomic E-state index is 8.85. The average Bonchev–Trinajstić information content (AvgIpc) is 2.84. The Hall–Kier alpha value is -1.53. The van der Waals surface area contributed by atoms with Crippen LogP contribution in [-0.4, -0.2) is 53.1 Å². The minimum atomic E-state index is 0.0148. The molecule has 1 aromatic rings. The molecule has 0 aliphatic carbocycles. The van der Waals surface area contributed by atoms with Gasteiger partial charge in [0.1, 0.15) is 5.82 Å². The van der Waals surface area contributed by atoms with E-state index in [4.69, 9.17) is 22.5 Å².